The number of aromatic hydroxyl groups is 1. The first-order chi connectivity index (χ1) is 13.0. The summed E-state index contributed by atoms with van der Waals surface area (Å²) < 4.78 is 1.98. The number of benzene rings is 2. The van der Waals surface area contributed by atoms with Crippen LogP contribution in [-0.4, -0.2) is 14.7 Å². The predicted octanol–water partition coefficient (Wildman–Crippen LogP) is 4.48. The lowest BCUT2D eigenvalue weighted by molar-refractivity contribution is 0.475. The van der Waals surface area contributed by atoms with Crippen molar-refractivity contribution in [3.05, 3.63) is 76.9 Å². The molecule has 140 valence electrons. The quantitative estimate of drug-likeness (QED) is 0.680. The number of hydrogen-bond donors (Lipinski definition) is 2. The Morgan fingerprint density at radius 1 is 1.07 bits per heavy atom. The summed E-state index contributed by atoms with van der Waals surface area (Å²) in [5.41, 5.74) is 4.48. The SMILES string of the molecule is Cc1nc(-c2cccc(O)c2)n(CCc2ccccc2)c(=N)c1CC(C)C. The molecule has 0 saturated carbocycles. The van der Waals surface area contributed by atoms with E-state index < -0.39 is 0 Å². The Labute approximate surface area is 160 Å². The fourth-order valence-electron chi connectivity index (χ4n) is 3.35. The van der Waals surface area contributed by atoms with Crippen molar-refractivity contribution in [1.82, 2.24) is 9.55 Å². The van der Waals surface area contributed by atoms with E-state index in [0.717, 1.165) is 35.5 Å². The highest BCUT2D eigenvalue weighted by atomic mass is 16.3. The molecule has 1 aromatic heterocycles. The average Bonchev–Trinajstić information content (AvgIpc) is 2.64. The van der Waals surface area contributed by atoms with Gasteiger partial charge in [0.25, 0.3) is 0 Å². The number of aromatic nitrogens is 2. The van der Waals surface area contributed by atoms with Crippen LogP contribution in [0.4, 0.5) is 0 Å². The zero-order valence-corrected chi connectivity index (χ0v) is 16.2. The van der Waals surface area contributed by atoms with Crippen molar-refractivity contribution in [2.24, 2.45) is 5.92 Å². The molecule has 0 unspecified atom stereocenters. The highest BCUT2D eigenvalue weighted by Gasteiger charge is 2.15. The van der Waals surface area contributed by atoms with E-state index in [9.17, 15) is 5.11 Å². The first-order valence-corrected chi connectivity index (χ1v) is 9.44. The third-order valence-corrected chi connectivity index (χ3v) is 4.71. The van der Waals surface area contributed by atoms with Gasteiger partial charge in [-0.25, -0.2) is 4.98 Å². The fourth-order valence-corrected chi connectivity index (χ4v) is 3.35. The normalized spacial score (nSPS) is 11.1. The number of phenolic OH excluding ortho intramolecular Hbond substituents is 1. The Kier molecular flexibility index (Phi) is 5.75. The monoisotopic (exact) mass is 361 g/mol. The second-order valence-electron chi connectivity index (χ2n) is 7.38. The Bertz CT molecular complexity index is 975. The first kappa shape index (κ1) is 18.9. The van der Waals surface area contributed by atoms with E-state index in [-0.39, 0.29) is 5.75 Å². The molecule has 4 nitrogen and oxygen atoms in total. The summed E-state index contributed by atoms with van der Waals surface area (Å²) >= 11 is 0. The molecule has 0 bridgehead atoms. The fraction of sp³-hybridized carbons (Fsp3) is 0.304. The van der Waals surface area contributed by atoms with Crippen molar-refractivity contribution in [2.45, 2.75) is 40.2 Å². The summed E-state index contributed by atoms with van der Waals surface area (Å²) in [5.74, 6) is 1.40. The van der Waals surface area contributed by atoms with Crippen LogP contribution in [0.3, 0.4) is 0 Å². The number of nitrogens with one attached hydrogen (secondary N) is 1. The molecule has 0 fully saturated rings. The largest absolute Gasteiger partial charge is 0.508 e. The number of phenols is 1. The predicted molar refractivity (Wildman–Crippen MR) is 109 cm³/mol. The van der Waals surface area contributed by atoms with E-state index in [0.29, 0.717) is 18.0 Å². The van der Waals surface area contributed by atoms with Gasteiger partial charge in [0.2, 0.25) is 0 Å². The van der Waals surface area contributed by atoms with E-state index in [1.165, 1.54) is 5.56 Å². The number of aryl methyl sites for hydroxylation is 2. The average molecular weight is 361 g/mol. The second-order valence-corrected chi connectivity index (χ2v) is 7.38. The lowest BCUT2D eigenvalue weighted by atomic mass is 10.0. The van der Waals surface area contributed by atoms with Crippen LogP contribution in [0.2, 0.25) is 0 Å². The molecule has 27 heavy (non-hydrogen) atoms. The Balaban J connectivity index is 2.09. The standard InChI is InChI=1S/C23H27N3O/c1-16(2)14-21-17(3)25-23(19-10-7-11-20(27)15-19)26(22(21)24)13-12-18-8-5-4-6-9-18/h4-11,15-16,24,27H,12-14H2,1-3H3. The van der Waals surface area contributed by atoms with Gasteiger partial charge in [-0.2, -0.15) is 0 Å². The minimum atomic E-state index is 0.208. The van der Waals surface area contributed by atoms with Crippen LogP contribution in [0.25, 0.3) is 11.4 Å². The molecule has 3 aromatic rings. The molecule has 0 aliphatic heterocycles. The van der Waals surface area contributed by atoms with Crippen LogP contribution >= 0.6 is 0 Å². The molecule has 0 amide bonds. The van der Waals surface area contributed by atoms with Gasteiger partial charge in [0.1, 0.15) is 17.1 Å². The summed E-state index contributed by atoms with van der Waals surface area (Å²) in [6, 6.07) is 17.4. The molecule has 0 saturated heterocycles. The number of rotatable bonds is 6. The van der Waals surface area contributed by atoms with Gasteiger partial charge >= 0.3 is 0 Å². The van der Waals surface area contributed by atoms with Crippen LogP contribution in [0.1, 0.15) is 30.7 Å². The van der Waals surface area contributed by atoms with E-state index in [1.54, 1.807) is 12.1 Å². The zero-order chi connectivity index (χ0) is 19.4. The van der Waals surface area contributed by atoms with E-state index in [2.05, 4.69) is 26.0 Å². The Morgan fingerprint density at radius 3 is 2.48 bits per heavy atom. The lowest BCUT2D eigenvalue weighted by Crippen LogP contribution is -2.29. The van der Waals surface area contributed by atoms with Crippen LogP contribution in [-0.2, 0) is 19.4 Å². The lowest BCUT2D eigenvalue weighted by Gasteiger charge is -2.19. The molecular weight excluding hydrogens is 334 g/mol. The maximum Gasteiger partial charge on any atom is 0.141 e. The van der Waals surface area contributed by atoms with Gasteiger partial charge in [-0.15, -0.1) is 0 Å². The minimum Gasteiger partial charge on any atom is -0.508 e. The van der Waals surface area contributed by atoms with Gasteiger partial charge in [-0.1, -0.05) is 56.3 Å². The molecule has 1 heterocycles. The summed E-state index contributed by atoms with van der Waals surface area (Å²) in [4.78, 5) is 4.84. The summed E-state index contributed by atoms with van der Waals surface area (Å²) in [7, 11) is 0. The molecule has 3 rings (SSSR count). The van der Waals surface area contributed by atoms with Gasteiger partial charge in [0.05, 0.1) is 0 Å². The summed E-state index contributed by atoms with van der Waals surface area (Å²) in [5, 5.41) is 18.8. The Morgan fingerprint density at radius 2 is 1.81 bits per heavy atom. The third kappa shape index (κ3) is 4.45. The van der Waals surface area contributed by atoms with Gasteiger partial charge in [0, 0.05) is 23.4 Å². The van der Waals surface area contributed by atoms with Crippen LogP contribution in [0.15, 0.2) is 54.6 Å². The van der Waals surface area contributed by atoms with E-state index in [4.69, 9.17) is 10.4 Å². The molecule has 0 spiro atoms. The minimum absolute atomic E-state index is 0.208. The molecule has 0 atom stereocenters. The van der Waals surface area contributed by atoms with Gasteiger partial charge < -0.3 is 9.67 Å². The zero-order valence-electron chi connectivity index (χ0n) is 16.2. The van der Waals surface area contributed by atoms with Crippen molar-refractivity contribution >= 4 is 0 Å². The molecule has 0 aliphatic rings. The van der Waals surface area contributed by atoms with E-state index in [1.807, 2.05) is 41.8 Å². The topological polar surface area (TPSA) is 61.9 Å². The smallest absolute Gasteiger partial charge is 0.141 e. The van der Waals surface area contributed by atoms with E-state index >= 15 is 0 Å². The molecular formula is C23H27N3O. The van der Waals surface area contributed by atoms with Crippen molar-refractivity contribution in [3.8, 4) is 17.1 Å². The third-order valence-electron chi connectivity index (χ3n) is 4.71. The summed E-state index contributed by atoms with van der Waals surface area (Å²) in [6.45, 7) is 6.97. The number of hydrogen-bond acceptors (Lipinski definition) is 3. The van der Waals surface area contributed by atoms with Gasteiger partial charge in [-0.05, 0) is 43.4 Å². The molecule has 4 heteroatoms. The maximum absolute atomic E-state index is 9.90. The van der Waals surface area contributed by atoms with Crippen molar-refractivity contribution in [3.63, 3.8) is 0 Å². The highest BCUT2D eigenvalue weighted by Crippen LogP contribution is 2.22. The van der Waals surface area contributed by atoms with Gasteiger partial charge in [0.15, 0.2) is 0 Å². The van der Waals surface area contributed by atoms with Crippen molar-refractivity contribution in [2.75, 3.05) is 0 Å². The molecule has 0 radical (unpaired) electrons. The molecule has 2 N–H and O–H groups in total. The second kappa shape index (κ2) is 8.21. The van der Waals surface area contributed by atoms with Gasteiger partial charge in [-0.3, -0.25) is 5.41 Å². The van der Waals surface area contributed by atoms with Crippen molar-refractivity contribution < 1.29 is 5.11 Å². The molecule has 2 aromatic carbocycles. The Hall–Kier alpha value is -2.88. The maximum atomic E-state index is 9.90. The first-order valence-electron chi connectivity index (χ1n) is 9.44. The summed E-state index contributed by atoms with van der Waals surface area (Å²) in [6.07, 6.45) is 1.67. The molecule has 0 aliphatic carbocycles. The van der Waals surface area contributed by atoms with Crippen LogP contribution in [0, 0.1) is 18.3 Å². The number of nitrogens with zero attached hydrogens (tertiary/aromatic N) is 2. The highest BCUT2D eigenvalue weighted by molar-refractivity contribution is 5.58. The van der Waals surface area contributed by atoms with Crippen LogP contribution < -0.4 is 5.49 Å². The van der Waals surface area contributed by atoms with Crippen LogP contribution in [0.5, 0.6) is 5.75 Å². The van der Waals surface area contributed by atoms with Crippen molar-refractivity contribution in [1.29, 1.82) is 5.41 Å².